The van der Waals surface area contributed by atoms with Crippen molar-refractivity contribution in [2.45, 2.75) is 37.2 Å². The first-order valence-corrected chi connectivity index (χ1v) is 14.1. The van der Waals surface area contributed by atoms with E-state index in [9.17, 15) is 18.0 Å². The molecule has 10 heteroatoms. The summed E-state index contributed by atoms with van der Waals surface area (Å²) >= 11 is 12.1. The highest BCUT2D eigenvalue weighted by molar-refractivity contribution is 7.89. The van der Waals surface area contributed by atoms with Crippen molar-refractivity contribution in [3.8, 4) is 11.1 Å². The normalized spacial score (nSPS) is 17.4. The standard InChI is InChI=1S/C27H27Cl2N3O4S/c28-20-12-18(13-21(29)14-20)16-32-27(34)24-6-3-5-23(24)26(33)31-15-17-8-10-19(11-9-17)22-4-1-2-7-25(22)37(30,35)36/h1-2,4,7-14,23-24H,3,5-6,15-16H2,(H,31,33)(H,32,34)(H2,30,35,36)/t23-,24-/m1/s1. The van der Waals surface area contributed by atoms with Gasteiger partial charge in [-0.1, -0.05) is 72.1 Å². The predicted octanol–water partition coefficient (Wildman–Crippen LogP) is 4.66. The molecule has 3 aromatic carbocycles. The summed E-state index contributed by atoms with van der Waals surface area (Å²) < 4.78 is 23.8. The lowest BCUT2D eigenvalue weighted by Crippen LogP contribution is -2.39. The van der Waals surface area contributed by atoms with Crippen LogP contribution < -0.4 is 15.8 Å². The van der Waals surface area contributed by atoms with Gasteiger partial charge in [0.2, 0.25) is 21.8 Å². The van der Waals surface area contributed by atoms with E-state index in [1.54, 1.807) is 48.5 Å². The first-order valence-electron chi connectivity index (χ1n) is 11.8. The van der Waals surface area contributed by atoms with Gasteiger partial charge >= 0.3 is 0 Å². The monoisotopic (exact) mass is 559 g/mol. The van der Waals surface area contributed by atoms with Crippen LogP contribution in [-0.4, -0.2) is 20.2 Å². The molecule has 0 radical (unpaired) electrons. The quantitative estimate of drug-likeness (QED) is 0.372. The summed E-state index contributed by atoms with van der Waals surface area (Å²) in [7, 11) is -3.86. The van der Waals surface area contributed by atoms with Crippen molar-refractivity contribution < 1.29 is 18.0 Å². The molecule has 0 saturated heterocycles. The van der Waals surface area contributed by atoms with Crippen molar-refractivity contribution >= 4 is 45.0 Å². The molecular weight excluding hydrogens is 533 g/mol. The fraction of sp³-hybridized carbons (Fsp3) is 0.259. The number of halogens is 2. The molecule has 7 nitrogen and oxygen atoms in total. The summed E-state index contributed by atoms with van der Waals surface area (Å²) in [6.07, 6.45) is 2.10. The summed E-state index contributed by atoms with van der Waals surface area (Å²) in [4.78, 5) is 25.8. The summed E-state index contributed by atoms with van der Waals surface area (Å²) in [5.41, 5.74) is 2.86. The van der Waals surface area contributed by atoms with Crippen LogP contribution in [0.3, 0.4) is 0 Å². The number of hydrogen-bond acceptors (Lipinski definition) is 4. The SMILES string of the molecule is NS(=O)(=O)c1ccccc1-c1ccc(CNC(=O)[C@@H]2CCC[C@H]2C(=O)NCc2cc(Cl)cc(Cl)c2)cc1. The maximum Gasteiger partial charge on any atom is 0.238 e. The molecule has 194 valence electrons. The molecule has 2 atom stereocenters. The third-order valence-corrected chi connectivity index (χ3v) is 7.91. The van der Waals surface area contributed by atoms with Gasteiger partial charge in [0.25, 0.3) is 0 Å². The van der Waals surface area contributed by atoms with Crippen molar-refractivity contribution in [1.82, 2.24) is 10.6 Å². The molecule has 0 aromatic heterocycles. The highest BCUT2D eigenvalue weighted by Gasteiger charge is 2.37. The maximum atomic E-state index is 12.9. The summed E-state index contributed by atoms with van der Waals surface area (Å²) in [5.74, 6) is -1.12. The van der Waals surface area contributed by atoms with Crippen LogP contribution in [0.1, 0.15) is 30.4 Å². The van der Waals surface area contributed by atoms with Gasteiger partial charge in [-0.15, -0.1) is 0 Å². The van der Waals surface area contributed by atoms with E-state index in [0.29, 0.717) is 40.6 Å². The Morgan fingerprint density at radius 3 is 1.92 bits per heavy atom. The zero-order valence-electron chi connectivity index (χ0n) is 19.9. The lowest BCUT2D eigenvalue weighted by molar-refractivity contribution is -0.133. The molecule has 1 fully saturated rings. The van der Waals surface area contributed by atoms with Crippen molar-refractivity contribution in [3.05, 3.63) is 87.9 Å². The van der Waals surface area contributed by atoms with Gasteiger partial charge in [-0.25, -0.2) is 13.6 Å². The number of carbonyl (C=O) groups is 2. The Morgan fingerprint density at radius 1 is 0.811 bits per heavy atom. The van der Waals surface area contributed by atoms with Crippen LogP contribution in [0.4, 0.5) is 0 Å². The van der Waals surface area contributed by atoms with Crippen LogP contribution in [0.15, 0.2) is 71.6 Å². The van der Waals surface area contributed by atoms with Gasteiger partial charge in [-0.05, 0) is 53.8 Å². The molecule has 1 aliphatic carbocycles. The number of sulfonamides is 1. The highest BCUT2D eigenvalue weighted by Crippen LogP contribution is 2.32. The minimum Gasteiger partial charge on any atom is -0.352 e. The molecule has 1 saturated carbocycles. The van der Waals surface area contributed by atoms with Crippen molar-refractivity contribution in [1.29, 1.82) is 0 Å². The third-order valence-electron chi connectivity index (χ3n) is 6.50. The summed E-state index contributed by atoms with van der Waals surface area (Å²) in [5, 5.41) is 12.2. The van der Waals surface area contributed by atoms with Crippen molar-refractivity contribution in [2.75, 3.05) is 0 Å². The Bertz CT molecular complexity index is 1390. The second kappa shape index (κ2) is 11.6. The maximum absolute atomic E-state index is 12.9. The van der Waals surface area contributed by atoms with Crippen LogP contribution in [0.5, 0.6) is 0 Å². The molecule has 4 N–H and O–H groups in total. The van der Waals surface area contributed by atoms with E-state index in [1.165, 1.54) is 6.07 Å². The minimum atomic E-state index is -3.86. The largest absolute Gasteiger partial charge is 0.352 e. The zero-order chi connectivity index (χ0) is 26.6. The van der Waals surface area contributed by atoms with Crippen LogP contribution in [0, 0.1) is 11.8 Å². The van der Waals surface area contributed by atoms with Crippen LogP contribution in [0.25, 0.3) is 11.1 Å². The summed E-state index contributed by atoms with van der Waals surface area (Å²) in [6, 6.07) is 18.9. The predicted molar refractivity (Wildman–Crippen MR) is 144 cm³/mol. The van der Waals surface area contributed by atoms with Gasteiger partial charge in [0.15, 0.2) is 0 Å². The van der Waals surface area contributed by atoms with Crippen LogP contribution in [0.2, 0.25) is 10.0 Å². The van der Waals surface area contributed by atoms with Gasteiger partial charge in [-0.2, -0.15) is 0 Å². The number of rotatable bonds is 8. The molecule has 4 rings (SSSR count). The molecule has 0 heterocycles. The lowest BCUT2D eigenvalue weighted by Gasteiger charge is -2.19. The fourth-order valence-corrected chi connectivity index (χ4v) is 6.03. The van der Waals surface area contributed by atoms with E-state index in [4.69, 9.17) is 28.3 Å². The number of benzene rings is 3. The Morgan fingerprint density at radius 2 is 1.35 bits per heavy atom. The van der Waals surface area contributed by atoms with Gasteiger partial charge in [0, 0.05) is 40.5 Å². The first-order chi connectivity index (χ1) is 17.6. The molecule has 37 heavy (non-hydrogen) atoms. The molecule has 0 bridgehead atoms. The molecule has 2 amide bonds. The summed E-state index contributed by atoms with van der Waals surface area (Å²) in [6.45, 7) is 0.576. The van der Waals surface area contributed by atoms with Gasteiger partial charge < -0.3 is 10.6 Å². The van der Waals surface area contributed by atoms with E-state index in [-0.39, 0.29) is 23.3 Å². The number of amides is 2. The van der Waals surface area contributed by atoms with Gasteiger partial charge in [0.1, 0.15) is 0 Å². The second-order valence-corrected chi connectivity index (χ2v) is 11.5. The van der Waals surface area contributed by atoms with E-state index >= 15 is 0 Å². The zero-order valence-corrected chi connectivity index (χ0v) is 22.2. The van der Waals surface area contributed by atoms with Crippen LogP contribution in [-0.2, 0) is 32.7 Å². The van der Waals surface area contributed by atoms with E-state index in [2.05, 4.69) is 10.6 Å². The number of nitrogens with one attached hydrogen (secondary N) is 2. The van der Waals surface area contributed by atoms with Crippen molar-refractivity contribution in [3.63, 3.8) is 0 Å². The highest BCUT2D eigenvalue weighted by atomic mass is 35.5. The van der Waals surface area contributed by atoms with E-state index < -0.39 is 21.9 Å². The number of primary sulfonamides is 1. The average Bonchev–Trinajstić information content (AvgIpc) is 3.35. The Labute approximate surface area is 226 Å². The third kappa shape index (κ3) is 6.90. The van der Waals surface area contributed by atoms with E-state index in [1.807, 2.05) is 12.1 Å². The topological polar surface area (TPSA) is 118 Å². The molecular formula is C27H27Cl2N3O4S. The van der Waals surface area contributed by atoms with Crippen molar-refractivity contribution in [2.24, 2.45) is 17.0 Å². The number of hydrogen-bond donors (Lipinski definition) is 3. The Hall–Kier alpha value is -2.91. The van der Waals surface area contributed by atoms with Crippen LogP contribution >= 0.6 is 23.2 Å². The van der Waals surface area contributed by atoms with Gasteiger partial charge in [0.05, 0.1) is 4.90 Å². The first kappa shape index (κ1) is 27.1. The Kier molecular flexibility index (Phi) is 8.54. The molecule has 0 aliphatic heterocycles. The van der Waals surface area contributed by atoms with Gasteiger partial charge in [-0.3, -0.25) is 9.59 Å². The minimum absolute atomic E-state index is 0.0556. The smallest absolute Gasteiger partial charge is 0.238 e. The second-order valence-electron chi connectivity index (χ2n) is 9.10. The number of nitrogens with two attached hydrogens (primary N) is 1. The van der Waals surface area contributed by atoms with E-state index in [0.717, 1.165) is 17.5 Å². The Balaban J connectivity index is 1.35. The molecule has 1 aliphatic rings. The molecule has 0 unspecified atom stereocenters. The molecule has 3 aromatic rings. The number of carbonyl (C=O) groups excluding carboxylic acids is 2. The molecule has 0 spiro atoms. The lowest BCUT2D eigenvalue weighted by atomic mass is 9.94. The fourth-order valence-electron chi connectivity index (χ4n) is 4.70. The average molecular weight is 561 g/mol.